The van der Waals surface area contributed by atoms with E-state index in [4.69, 9.17) is 19.9 Å². The van der Waals surface area contributed by atoms with Crippen LogP contribution in [0.5, 0.6) is 0 Å². The fraction of sp³-hybridized carbons (Fsp3) is 0.0108. The van der Waals surface area contributed by atoms with E-state index in [-0.39, 0.29) is 0 Å². The van der Waals surface area contributed by atoms with Gasteiger partial charge in [-0.2, -0.15) is 0 Å². The molecular formula is C93H56BrN5S2. The van der Waals surface area contributed by atoms with E-state index in [0.29, 0.717) is 0 Å². The molecule has 0 bridgehead atoms. The number of halogens is 1. The van der Waals surface area contributed by atoms with Gasteiger partial charge in [-0.1, -0.05) is 271 Å². The van der Waals surface area contributed by atoms with Gasteiger partial charge in [0.15, 0.2) is 0 Å². The minimum Gasteiger partial charge on any atom is -0.309 e. The van der Waals surface area contributed by atoms with E-state index in [0.717, 1.165) is 104 Å². The predicted octanol–water partition coefficient (Wildman–Crippen LogP) is 26.4. The largest absolute Gasteiger partial charge is 0.309 e. The number of thiophene rings is 2. The highest BCUT2D eigenvalue weighted by atomic mass is 79.9. The van der Waals surface area contributed by atoms with E-state index in [1.165, 1.54) is 107 Å². The Morgan fingerprint density at radius 2 is 0.733 bits per heavy atom. The van der Waals surface area contributed by atoms with Gasteiger partial charge in [0.05, 0.1) is 33.8 Å². The number of hydrogen-bond donors (Lipinski definition) is 0. The van der Waals surface area contributed by atoms with Gasteiger partial charge in [0.2, 0.25) is 0 Å². The molecule has 0 amide bonds. The zero-order chi connectivity index (χ0) is 66.7. The molecule has 5 heterocycles. The molecule has 101 heavy (non-hydrogen) atoms. The molecular weight excluding hydrogens is 1330 g/mol. The van der Waals surface area contributed by atoms with Gasteiger partial charge >= 0.3 is 0 Å². The average Bonchev–Trinajstić information content (AvgIpc) is 1.71. The maximum atomic E-state index is 5.42. The zero-order valence-electron chi connectivity index (χ0n) is 54.3. The molecule has 16 aromatic carbocycles. The first kappa shape index (κ1) is 59.1. The second-order valence-corrected chi connectivity index (χ2v) is 29.1. The lowest BCUT2D eigenvalue weighted by molar-refractivity contribution is 1.19. The number of nitrogens with zero attached hydrogens (tertiary/aromatic N) is 5. The summed E-state index contributed by atoms with van der Waals surface area (Å²) >= 11 is 7.03. The predicted molar refractivity (Wildman–Crippen MR) is 433 cm³/mol. The molecule has 5 aromatic heterocycles. The number of fused-ring (bicyclic) bond motifs is 18. The van der Waals surface area contributed by atoms with Crippen LogP contribution >= 0.6 is 38.6 Å². The van der Waals surface area contributed by atoms with Crippen LogP contribution in [-0.2, 0) is 6.42 Å². The summed E-state index contributed by atoms with van der Waals surface area (Å²) in [6, 6.07) is 117. The summed E-state index contributed by atoms with van der Waals surface area (Å²) < 4.78 is 5.89. The van der Waals surface area contributed by atoms with Gasteiger partial charge in [0.1, 0.15) is 20.7 Å². The second-order valence-electron chi connectivity index (χ2n) is 26.1. The van der Waals surface area contributed by atoms with Gasteiger partial charge in [-0.3, -0.25) is 0 Å². The summed E-state index contributed by atoms with van der Waals surface area (Å²) in [6.07, 6.45) is 1.08. The summed E-state index contributed by atoms with van der Waals surface area (Å²) in [5.74, 6) is 0. The van der Waals surface area contributed by atoms with Crippen LogP contribution in [0.25, 0.3) is 189 Å². The molecule has 21 aromatic rings. The fourth-order valence-electron chi connectivity index (χ4n) is 15.3. The van der Waals surface area contributed by atoms with E-state index in [9.17, 15) is 0 Å². The van der Waals surface area contributed by atoms with Crippen molar-refractivity contribution in [3.63, 3.8) is 0 Å². The van der Waals surface area contributed by atoms with Crippen molar-refractivity contribution in [2.75, 3.05) is 0 Å². The lowest BCUT2D eigenvalue weighted by atomic mass is 9.96. The van der Waals surface area contributed by atoms with Crippen LogP contribution in [0.1, 0.15) is 11.1 Å². The first-order chi connectivity index (χ1) is 49.9. The van der Waals surface area contributed by atoms with E-state index in [2.05, 4.69) is 348 Å². The second kappa shape index (κ2) is 24.2. The third-order valence-electron chi connectivity index (χ3n) is 20.1. The van der Waals surface area contributed by atoms with Crippen molar-refractivity contribution >= 4 is 166 Å². The highest BCUT2D eigenvalue weighted by molar-refractivity contribution is 9.10. The molecule has 22 rings (SSSR count). The zero-order valence-corrected chi connectivity index (χ0v) is 57.5. The van der Waals surface area contributed by atoms with Crippen LogP contribution in [0.4, 0.5) is 0 Å². The third-order valence-corrected chi connectivity index (χ3v) is 22.7. The first-order valence-corrected chi connectivity index (χ1v) is 36.5. The van der Waals surface area contributed by atoms with Crippen molar-refractivity contribution in [1.82, 2.24) is 24.5 Å². The Morgan fingerprint density at radius 1 is 0.267 bits per heavy atom. The monoisotopic (exact) mass is 1390 g/mol. The molecule has 0 N–H and O–H groups in total. The minimum absolute atomic E-state index is 0.901. The van der Waals surface area contributed by atoms with Gasteiger partial charge in [-0.15, -0.1) is 22.7 Å². The maximum Gasteiger partial charge on any atom is 0.143 e. The van der Waals surface area contributed by atoms with Gasteiger partial charge in [-0.25, -0.2) is 19.9 Å². The van der Waals surface area contributed by atoms with Crippen LogP contribution < -0.4 is 0 Å². The van der Waals surface area contributed by atoms with Gasteiger partial charge in [0, 0.05) is 63.4 Å². The van der Waals surface area contributed by atoms with Crippen LogP contribution in [0, 0.1) is 0 Å². The molecule has 1 aliphatic carbocycles. The Hall–Kier alpha value is -12.0. The van der Waals surface area contributed by atoms with Crippen molar-refractivity contribution in [2.24, 2.45) is 0 Å². The van der Waals surface area contributed by atoms with Gasteiger partial charge < -0.3 is 4.57 Å². The number of para-hydroxylation sites is 1. The van der Waals surface area contributed by atoms with E-state index in [1.807, 2.05) is 0 Å². The number of benzene rings is 16. The molecule has 0 atom stereocenters. The first-order valence-electron chi connectivity index (χ1n) is 34.0. The molecule has 0 spiro atoms. The highest BCUT2D eigenvalue weighted by Gasteiger charge is 2.23. The summed E-state index contributed by atoms with van der Waals surface area (Å²) in [4.78, 5) is 23.3. The Balaban J connectivity index is 0.000000115. The summed E-state index contributed by atoms with van der Waals surface area (Å²) in [7, 11) is 0. The van der Waals surface area contributed by atoms with Gasteiger partial charge in [0.25, 0.3) is 0 Å². The Morgan fingerprint density at radius 3 is 1.35 bits per heavy atom. The van der Waals surface area contributed by atoms with Crippen LogP contribution in [0.2, 0.25) is 0 Å². The molecule has 472 valence electrons. The highest BCUT2D eigenvalue weighted by Crippen LogP contribution is 2.45. The average molecular weight is 1390 g/mol. The smallest absolute Gasteiger partial charge is 0.143 e. The fourth-order valence-corrected chi connectivity index (χ4v) is 17.7. The summed E-state index contributed by atoms with van der Waals surface area (Å²) in [6.45, 7) is 0. The Kier molecular flexibility index (Phi) is 14.1. The van der Waals surface area contributed by atoms with E-state index in [1.54, 1.807) is 22.7 Å². The van der Waals surface area contributed by atoms with Crippen molar-refractivity contribution < 1.29 is 0 Å². The third kappa shape index (κ3) is 10.2. The molecule has 0 saturated carbocycles. The molecule has 8 heteroatoms. The minimum atomic E-state index is 0.901. The molecule has 1 aliphatic rings. The number of aromatic nitrogens is 5. The maximum absolute atomic E-state index is 5.42. The van der Waals surface area contributed by atoms with Crippen molar-refractivity contribution in [3.05, 3.63) is 343 Å². The number of rotatable bonds is 5. The molecule has 0 radical (unpaired) electrons. The molecule has 5 nitrogen and oxygen atoms in total. The summed E-state index contributed by atoms with van der Waals surface area (Å²) in [5, 5.41) is 19.5. The van der Waals surface area contributed by atoms with Gasteiger partial charge in [-0.05, 0) is 166 Å². The van der Waals surface area contributed by atoms with Crippen LogP contribution in [0.3, 0.4) is 0 Å². The van der Waals surface area contributed by atoms with E-state index < -0.39 is 0 Å². The lowest BCUT2D eigenvalue weighted by Crippen LogP contribution is -1.96. The standard InChI is InChI=1S/C46H27N3S.C30H17BrN2S.C17H12/c1-2-11-29-24-33(21-20-28(29)10-1)43-44(48-46-45(47-43)38-16-6-8-19-42(38)50-46)37-17-9-14-32-25-34(22-23-35(32)37)49-40-18-7-5-15-36(40)39-26-30-12-3-4-13-31(30)27-41(39)49;31-22-14-15-23-20(17-22)8-5-10-24(23)28-27(21-13-12-18-6-1-2-7-19(18)16-21)32-29-25-9-3-4-11-26(25)34-30(29)33-28;1-2-6-13-11-17-15(9-12(13)5-1)10-14-7-3-4-8-16(14)17/h1-27H;1-17H;1-9,11H,10H2. The normalized spacial score (nSPS) is 12.0. The quantitative estimate of drug-likeness (QED) is 0.172. The SMILES string of the molecule is Brc1ccc2c(-c3nc4sc5ccccc5c4nc3-c3ccc4ccccc4c3)cccc2c1.c1ccc2c(c1)Cc1cc3ccccc3cc1-2.c1ccc2cc(-c3nc4c(nc3-c3cccc5cc(-n6c7ccccc7c7cc8ccccc8cc76)ccc35)sc3ccccc34)ccc2c1. The molecule has 0 fully saturated rings. The van der Waals surface area contributed by atoms with Crippen molar-refractivity contribution in [1.29, 1.82) is 0 Å². The Bertz CT molecular complexity index is 6980. The topological polar surface area (TPSA) is 56.5 Å². The van der Waals surface area contributed by atoms with E-state index >= 15 is 0 Å². The molecule has 0 saturated heterocycles. The molecule has 0 unspecified atom stereocenters. The lowest BCUT2D eigenvalue weighted by Gasteiger charge is -2.14. The van der Waals surface area contributed by atoms with Crippen molar-refractivity contribution in [3.8, 4) is 61.8 Å². The Labute approximate surface area is 597 Å². The summed E-state index contributed by atoms with van der Waals surface area (Å²) in [5.41, 5.74) is 19.2. The van der Waals surface area contributed by atoms with Crippen molar-refractivity contribution in [2.45, 2.75) is 6.42 Å². The van der Waals surface area contributed by atoms with Crippen LogP contribution in [0.15, 0.2) is 332 Å². The number of hydrogen-bond acceptors (Lipinski definition) is 6. The molecule has 0 aliphatic heterocycles. The van der Waals surface area contributed by atoms with Crippen LogP contribution in [-0.4, -0.2) is 24.5 Å².